The first kappa shape index (κ1) is 19.1. The van der Waals surface area contributed by atoms with Gasteiger partial charge in [-0.05, 0) is 68.8 Å². The second-order valence-corrected chi connectivity index (χ2v) is 8.18. The predicted octanol–water partition coefficient (Wildman–Crippen LogP) is 3.66. The predicted molar refractivity (Wildman–Crippen MR) is 96.7 cm³/mol. The molecule has 0 unspecified atom stereocenters. The molecule has 0 saturated carbocycles. The summed E-state index contributed by atoms with van der Waals surface area (Å²) in [6.45, 7) is 5.32. The molecule has 0 aromatic heterocycles. The zero-order valence-corrected chi connectivity index (χ0v) is 15.4. The zero-order valence-electron chi connectivity index (χ0n) is 14.6. The quantitative estimate of drug-likeness (QED) is 0.823. The van der Waals surface area contributed by atoms with Gasteiger partial charge in [0.1, 0.15) is 0 Å². The summed E-state index contributed by atoms with van der Waals surface area (Å²) in [4.78, 5) is 4.39. The fourth-order valence-electron chi connectivity index (χ4n) is 2.09. The van der Waals surface area contributed by atoms with Gasteiger partial charge in [0.2, 0.25) is 10.0 Å². The molecule has 0 aliphatic rings. The molecule has 7 heteroatoms. The van der Waals surface area contributed by atoms with E-state index in [1.54, 1.807) is 39.0 Å². The highest BCUT2D eigenvalue weighted by atomic mass is 32.2. The molecule has 134 valence electrons. The highest BCUT2D eigenvalue weighted by molar-refractivity contribution is 7.89. The van der Waals surface area contributed by atoms with Crippen molar-refractivity contribution in [2.45, 2.75) is 31.2 Å². The lowest BCUT2D eigenvalue weighted by atomic mass is 10.1. The van der Waals surface area contributed by atoms with E-state index in [0.29, 0.717) is 11.3 Å². The van der Waals surface area contributed by atoms with Crippen LogP contribution in [0.2, 0.25) is 0 Å². The monoisotopic (exact) mass is 364 g/mol. The third-order valence-corrected chi connectivity index (χ3v) is 4.90. The molecule has 25 heavy (non-hydrogen) atoms. The minimum absolute atomic E-state index is 0.164. The van der Waals surface area contributed by atoms with Crippen molar-refractivity contribution in [2.24, 2.45) is 4.99 Å². The Balaban J connectivity index is 2.16. The van der Waals surface area contributed by atoms with Crippen LogP contribution in [0.5, 0.6) is 5.75 Å². The maximum absolute atomic E-state index is 13.6. The number of aliphatic imine (C=N–C) groups is 1. The minimum Gasteiger partial charge on any atom is -0.494 e. The first-order chi connectivity index (χ1) is 11.6. The molecule has 0 atom stereocenters. The second kappa shape index (κ2) is 7.33. The maximum atomic E-state index is 13.6. The molecular weight excluding hydrogens is 343 g/mol. The van der Waals surface area contributed by atoms with Crippen LogP contribution in [0, 0.1) is 5.82 Å². The van der Waals surface area contributed by atoms with Crippen molar-refractivity contribution in [3.8, 4) is 5.75 Å². The van der Waals surface area contributed by atoms with Crippen molar-refractivity contribution < 1.29 is 17.5 Å². The van der Waals surface area contributed by atoms with Gasteiger partial charge in [-0.15, -0.1) is 0 Å². The first-order valence-electron chi connectivity index (χ1n) is 7.62. The minimum atomic E-state index is -3.58. The molecule has 0 bridgehead atoms. The molecule has 0 aliphatic carbocycles. The van der Waals surface area contributed by atoms with Crippen LogP contribution in [0.15, 0.2) is 52.4 Å². The van der Waals surface area contributed by atoms with Gasteiger partial charge in [-0.25, -0.2) is 17.5 Å². The van der Waals surface area contributed by atoms with Crippen molar-refractivity contribution in [1.82, 2.24) is 4.72 Å². The van der Waals surface area contributed by atoms with Crippen LogP contribution in [-0.4, -0.2) is 27.3 Å². The van der Waals surface area contributed by atoms with Gasteiger partial charge in [0.15, 0.2) is 11.6 Å². The summed E-state index contributed by atoms with van der Waals surface area (Å²) in [5, 5.41) is 0. The van der Waals surface area contributed by atoms with E-state index < -0.39 is 21.4 Å². The number of ether oxygens (including phenoxy) is 1. The summed E-state index contributed by atoms with van der Waals surface area (Å²) in [5.41, 5.74) is 0.573. The van der Waals surface area contributed by atoms with Crippen LogP contribution in [0.1, 0.15) is 26.3 Å². The maximum Gasteiger partial charge on any atom is 0.241 e. The summed E-state index contributed by atoms with van der Waals surface area (Å²) < 4.78 is 45.5. The summed E-state index contributed by atoms with van der Waals surface area (Å²) in [7, 11) is -2.18. The summed E-state index contributed by atoms with van der Waals surface area (Å²) >= 11 is 0. The number of rotatable bonds is 5. The van der Waals surface area contributed by atoms with Gasteiger partial charge in [-0.1, -0.05) is 0 Å². The second-order valence-electron chi connectivity index (χ2n) is 6.50. The Morgan fingerprint density at radius 2 is 1.76 bits per heavy atom. The number of nitrogens with one attached hydrogen (secondary N) is 1. The van der Waals surface area contributed by atoms with E-state index in [2.05, 4.69) is 9.71 Å². The number of methoxy groups -OCH3 is 1. The van der Waals surface area contributed by atoms with Crippen LogP contribution in [0.4, 0.5) is 10.1 Å². The molecule has 2 aromatic carbocycles. The largest absolute Gasteiger partial charge is 0.494 e. The Bertz CT molecular complexity index is 870. The van der Waals surface area contributed by atoms with Gasteiger partial charge >= 0.3 is 0 Å². The van der Waals surface area contributed by atoms with E-state index in [1.807, 2.05) is 0 Å². The Morgan fingerprint density at radius 1 is 1.12 bits per heavy atom. The molecule has 1 N–H and O–H groups in total. The normalized spacial score (nSPS) is 12.5. The van der Waals surface area contributed by atoms with Crippen LogP contribution < -0.4 is 9.46 Å². The van der Waals surface area contributed by atoms with Gasteiger partial charge in [0.25, 0.3) is 0 Å². The molecule has 0 aliphatic heterocycles. The van der Waals surface area contributed by atoms with E-state index in [-0.39, 0.29) is 10.6 Å². The van der Waals surface area contributed by atoms with Crippen molar-refractivity contribution >= 4 is 21.9 Å². The lowest BCUT2D eigenvalue weighted by Gasteiger charge is -2.20. The molecule has 5 nitrogen and oxygen atoms in total. The number of hydrogen-bond acceptors (Lipinski definition) is 4. The Kier molecular flexibility index (Phi) is 5.59. The molecule has 0 heterocycles. The van der Waals surface area contributed by atoms with Crippen molar-refractivity contribution in [3.05, 3.63) is 53.8 Å². The molecule has 2 rings (SSSR count). The van der Waals surface area contributed by atoms with Gasteiger partial charge in [-0.2, -0.15) is 0 Å². The zero-order chi connectivity index (χ0) is 18.7. The lowest BCUT2D eigenvalue weighted by Crippen LogP contribution is -2.40. The summed E-state index contributed by atoms with van der Waals surface area (Å²) in [6.07, 6.45) is 1.50. The van der Waals surface area contributed by atoms with Crippen LogP contribution >= 0.6 is 0 Å². The SMILES string of the molecule is COc1ccc(/C=N/c2ccc(S(=O)(=O)NC(C)(C)C)cc2)cc1F. The Labute approximate surface area is 147 Å². The highest BCUT2D eigenvalue weighted by Crippen LogP contribution is 2.20. The number of hydrogen-bond donors (Lipinski definition) is 1. The van der Waals surface area contributed by atoms with E-state index in [4.69, 9.17) is 4.74 Å². The van der Waals surface area contributed by atoms with Gasteiger partial charge < -0.3 is 4.74 Å². The topological polar surface area (TPSA) is 67.8 Å². The first-order valence-corrected chi connectivity index (χ1v) is 9.11. The third kappa shape index (κ3) is 5.37. The highest BCUT2D eigenvalue weighted by Gasteiger charge is 2.21. The smallest absolute Gasteiger partial charge is 0.241 e. The standard InChI is InChI=1S/C18H21FN2O3S/c1-18(2,3)21-25(22,23)15-8-6-14(7-9-15)20-12-13-5-10-17(24-4)16(19)11-13/h5-12,21H,1-4H3/b20-12+. The van der Waals surface area contributed by atoms with Crippen molar-refractivity contribution in [1.29, 1.82) is 0 Å². The van der Waals surface area contributed by atoms with Crippen molar-refractivity contribution in [3.63, 3.8) is 0 Å². The average Bonchev–Trinajstić information content (AvgIpc) is 2.51. The molecule has 0 amide bonds. The van der Waals surface area contributed by atoms with Crippen molar-refractivity contribution in [2.75, 3.05) is 7.11 Å². The Hall–Kier alpha value is -2.25. The van der Waals surface area contributed by atoms with E-state index in [9.17, 15) is 12.8 Å². The van der Waals surface area contributed by atoms with Gasteiger partial charge in [0, 0.05) is 11.8 Å². The van der Waals surface area contributed by atoms with Crippen LogP contribution in [-0.2, 0) is 10.0 Å². The molecule has 2 aromatic rings. The van der Waals surface area contributed by atoms with Gasteiger partial charge in [0.05, 0.1) is 17.7 Å². The van der Waals surface area contributed by atoms with E-state index in [1.165, 1.54) is 37.6 Å². The van der Waals surface area contributed by atoms with Crippen LogP contribution in [0.3, 0.4) is 0 Å². The fraction of sp³-hybridized carbons (Fsp3) is 0.278. The third-order valence-electron chi connectivity index (χ3n) is 3.13. The lowest BCUT2D eigenvalue weighted by molar-refractivity contribution is 0.386. The van der Waals surface area contributed by atoms with Crippen LogP contribution in [0.25, 0.3) is 0 Å². The molecule has 0 fully saturated rings. The van der Waals surface area contributed by atoms with E-state index in [0.717, 1.165) is 0 Å². The fourth-order valence-corrected chi connectivity index (χ4v) is 3.50. The molecular formula is C18H21FN2O3S. The molecule has 0 spiro atoms. The van der Waals surface area contributed by atoms with E-state index >= 15 is 0 Å². The summed E-state index contributed by atoms with van der Waals surface area (Å²) in [6, 6.07) is 10.7. The summed E-state index contributed by atoms with van der Waals surface area (Å²) in [5.74, 6) is -0.306. The Morgan fingerprint density at radius 3 is 2.28 bits per heavy atom. The number of halogens is 1. The number of sulfonamides is 1. The molecule has 0 radical (unpaired) electrons. The number of nitrogens with zero attached hydrogens (tertiary/aromatic N) is 1. The number of benzene rings is 2. The molecule has 0 saturated heterocycles. The van der Waals surface area contributed by atoms with Gasteiger partial charge in [-0.3, -0.25) is 4.99 Å². The average molecular weight is 364 g/mol.